The zero-order valence-corrected chi connectivity index (χ0v) is 9.79. The van der Waals surface area contributed by atoms with Crippen LogP contribution in [0.4, 0.5) is 4.39 Å². The molecule has 1 rings (SSSR count). The van der Waals surface area contributed by atoms with Crippen molar-refractivity contribution < 1.29 is 9.13 Å². The quantitative estimate of drug-likeness (QED) is 0.591. The first kappa shape index (κ1) is 12.7. The standard InChI is InChI=1S/C13H18FNO/c1-15-9-5-3-4-6-11-7-8-13(16-2)12(14)10-11/h3-4,7-8,10,15H,5-6,9H2,1-2H3. The largest absolute Gasteiger partial charge is 0.494 e. The van der Waals surface area contributed by atoms with Crippen LogP contribution in [-0.2, 0) is 6.42 Å². The number of allylic oxidation sites excluding steroid dienone is 1. The van der Waals surface area contributed by atoms with E-state index in [0.717, 1.165) is 24.9 Å². The fraction of sp³-hybridized carbons (Fsp3) is 0.385. The lowest BCUT2D eigenvalue weighted by molar-refractivity contribution is 0.386. The molecule has 0 bridgehead atoms. The number of methoxy groups -OCH3 is 1. The summed E-state index contributed by atoms with van der Waals surface area (Å²) in [5, 5.41) is 3.06. The molecular formula is C13H18FNO. The molecule has 0 radical (unpaired) electrons. The second kappa shape index (κ2) is 7.01. The number of rotatable bonds is 6. The third-order valence-corrected chi connectivity index (χ3v) is 2.30. The Morgan fingerprint density at radius 2 is 2.19 bits per heavy atom. The van der Waals surface area contributed by atoms with Gasteiger partial charge in [-0.05, 0) is 44.1 Å². The molecule has 0 aliphatic rings. The van der Waals surface area contributed by atoms with Gasteiger partial charge in [-0.3, -0.25) is 0 Å². The van der Waals surface area contributed by atoms with Gasteiger partial charge in [-0.15, -0.1) is 0 Å². The smallest absolute Gasteiger partial charge is 0.165 e. The van der Waals surface area contributed by atoms with Gasteiger partial charge in [0.25, 0.3) is 0 Å². The molecule has 1 N–H and O–H groups in total. The van der Waals surface area contributed by atoms with Crippen molar-refractivity contribution in [3.8, 4) is 5.75 Å². The molecule has 0 saturated carbocycles. The monoisotopic (exact) mass is 223 g/mol. The highest BCUT2D eigenvalue weighted by molar-refractivity contribution is 5.30. The second-order valence-electron chi connectivity index (χ2n) is 3.54. The molecule has 0 saturated heterocycles. The van der Waals surface area contributed by atoms with E-state index in [2.05, 4.69) is 17.5 Å². The van der Waals surface area contributed by atoms with Gasteiger partial charge in [0.1, 0.15) is 0 Å². The van der Waals surface area contributed by atoms with E-state index in [1.807, 2.05) is 13.1 Å². The number of nitrogens with one attached hydrogen (secondary N) is 1. The first-order chi connectivity index (χ1) is 7.77. The van der Waals surface area contributed by atoms with Crippen LogP contribution in [0.1, 0.15) is 12.0 Å². The average molecular weight is 223 g/mol. The maximum Gasteiger partial charge on any atom is 0.165 e. The van der Waals surface area contributed by atoms with E-state index in [4.69, 9.17) is 4.74 Å². The highest BCUT2D eigenvalue weighted by Crippen LogP contribution is 2.17. The van der Waals surface area contributed by atoms with Gasteiger partial charge in [0, 0.05) is 0 Å². The van der Waals surface area contributed by atoms with E-state index in [1.165, 1.54) is 13.2 Å². The Bertz CT molecular complexity index is 350. The van der Waals surface area contributed by atoms with Crippen LogP contribution in [0.15, 0.2) is 30.4 Å². The van der Waals surface area contributed by atoms with Crippen molar-refractivity contribution in [1.82, 2.24) is 5.32 Å². The summed E-state index contributed by atoms with van der Waals surface area (Å²) in [6, 6.07) is 5.05. The van der Waals surface area contributed by atoms with E-state index in [-0.39, 0.29) is 5.82 Å². The lowest BCUT2D eigenvalue weighted by atomic mass is 10.1. The molecule has 88 valence electrons. The highest BCUT2D eigenvalue weighted by atomic mass is 19.1. The maximum atomic E-state index is 13.3. The molecule has 0 unspecified atom stereocenters. The first-order valence-corrected chi connectivity index (χ1v) is 5.40. The minimum absolute atomic E-state index is 0.294. The van der Waals surface area contributed by atoms with Crippen molar-refractivity contribution in [2.45, 2.75) is 12.8 Å². The van der Waals surface area contributed by atoms with Gasteiger partial charge in [-0.25, -0.2) is 4.39 Å². The van der Waals surface area contributed by atoms with Crippen molar-refractivity contribution in [2.75, 3.05) is 20.7 Å². The molecule has 1 aromatic rings. The Labute approximate surface area is 96.1 Å². The number of benzene rings is 1. The lowest BCUT2D eigenvalue weighted by Gasteiger charge is -2.03. The summed E-state index contributed by atoms with van der Waals surface area (Å²) in [6.45, 7) is 0.966. The normalized spacial score (nSPS) is 10.9. The minimum atomic E-state index is -0.302. The van der Waals surface area contributed by atoms with Gasteiger partial charge < -0.3 is 10.1 Å². The van der Waals surface area contributed by atoms with Gasteiger partial charge in [-0.1, -0.05) is 18.2 Å². The summed E-state index contributed by atoms with van der Waals surface area (Å²) in [6.07, 6.45) is 5.90. The molecule has 0 aliphatic heterocycles. The molecule has 0 spiro atoms. The van der Waals surface area contributed by atoms with Crippen molar-refractivity contribution in [1.29, 1.82) is 0 Å². The molecule has 0 aromatic heterocycles. The third-order valence-electron chi connectivity index (χ3n) is 2.30. The molecule has 3 heteroatoms. The van der Waals surface area contributed by atoms with Crippen LogP contribution in [0.3, 0.4) is 0 Å². The van der Waals surface area contributed by atoms with Crippen LogP contribution in [0, 0.1) is 5.82 Å². The SMILES string of the molecule is CNCCC=CCc1ccc(OC)c(F)c1. The second-order valence-corrected chi connectivity index (χ2v) is 3.54. The zero-order valence-electron chi connectivity index (χ0n) is 9.79. The van der Waals surface area contributed by atoms with Crippen LogP contribution in [0.5, 0.6) is 5.75 Å². The maximum absolute atomic E-state index is 13.3. The molecule has 0 atom stereocenters. The van der Waals surface area contributed by atoms with E-state index in [0.29, 0.717) is 5.75 Å². The molecule has 0 heterocycles. The predicted molar refractivity (Wildman–Crippen MR) is 64.3 cm³/mol. The average Bonchev–Trinajstić information content (AvgIpc) is 2.29. The highest BCUT2D eigenvalue weighted by Gasteiger charge is 2.01. The summed E-state index contributed by atoms with van der Waals surface area (Å²) in [4.78, 5) is 0. The molecule has 2 nitrogen and oxygen atoms in total. The lowest BCUT2D eigenvalue weighted by Crippen LogP contribution is -2.05. The Hall–Kier alpha value is -1.35. The predicted octanol–water partition coefficient (Wildman–Crippen LogP) is 2.54. The Morgan fingerprint density at radius 3 is 2.81 bits per heavy atom. The fourth-order valence-electron chi connectivity index (χ4n) is 1.40. The van der Waals surface area contributed by atoms with E-state index >= 15 is 0 Å². The van der Waals surface area contributed by atoms with Crippen LogP contribution in [0.25, 0.3) is 0 Å². The third kappa shape index (κ3) is 4.03. The van der Waals surface area contributed by atoms with Crippen LogP contribution >= 0.6 is 0 Å². The Balaban J connectivity index is 2.48. The topological polar surface area (TPSA) is 21.3 Å². The van der Waals surface area contributed by atoms with Crippen molar-refractivity contribution in [2.24, 2.45) is 0 Å². The van der Waals surface area contributed by atoms with Gasteiger partial charge in [-0.2, -0.15) is 0 Å². The zero-order chi connectivity index (χ0) is 11.8. The van der Waals surface area contributed by atoms with E-state index in [1.54, 1.807) is 6.07 Å². The number of ether oxygens (including phenoxy) is 1. The number of hydrogen-bond acceptors (Lipinski definition) is 2. The minimum Gasteiger partial charge on any atom is -0.494 e. The summed E-state index contributed by atoms with van der Waals surface area (Å²) in [5.41, 5.74) is 0.957. The summed E-state index contributed by atoms with van der Waals surface area (Å²) < 4.78 is 18.2. The van der Waals surface area contributed by atoms with E-state index in [9.17, 15) is 4.39 Å². The number of hydrogen-bond donors (Lipinski definition) is 1. The Kier molecular flexibility index (Phi) is 5.57. The van der Waals surface area contributed by atoms with Gasteiger partial charge in [0.2, 0.25) is 0 Å². The molecule has 0 aliphatic carbocycles. The van der Waals surface area contributed by atoms with Crippen LogP contribution in [-0.4, -0.2) is 20.7 Å². The molecule has 16 heavy (non-hydrogen) atoms. The fourth-order valence-corrected chi connectivity index (χ4v) is 1.40. The molecule has 0 fully saturated rings. The Morgan fingerprint density at radius 1 is 1.38 bits per heavy atom. The van der Waals surface area contributed by atoms with Crippen LogP contribution in [0.2, 0.25) is 0 Å². The van der Waals surface area contributed by atoms with Gasteiger partial charge in [0.05, 0.1) is 7.11 Å². The van der Waals surface area contributed by atoms with Gasteiger partial charge >= 0.3 is 0 Å². The molecular weight excluding hydrogens is 205 g/mol. The van der Waals surface area contributed by atoms with Gasteiger partial charge in [0.15, 0.2) is 11.6 Å². The summed E-state index contributed by atoms with van der Waals surface area (Å²) in [5.74, 6) is -0.00784. The van der Waals surface area contributed by atoms with Crippen molar-refractivity contribution in [3.05, 3.63) is 41.7 Å². The summed E-state index contributed by atoms with van der Waals surface area (Å²) >= 11 is 0. The van der Waals surface area contributed by atoms with E-state index < -0.39 is 0 Å². The molecule has 1 aromatic carbocycles. The summed E-state index contributed by atoms with van der Waals surface area (Å²) in [7, 11) is 3.39. The molecule has 0 amide bonds. The van der Waals surface area contributed by atoms with Crippen molar-refractivity contribution in [3.63, 3.8) is 0 Å². The first-order valence-electron chi connectivity index (χ1n) is 5.40. The number of halogens is 1. The van der Waals surface area contributed by atoms with Crippen LogP contribution < -0.4 is 10.1 Å². The van der Waals surface area contributed by atoms with Crippen molar-refractivity contribution >= 4 is 0 Å².